The van der Waals surface area contributed by atoms with Gasteiger partial charge in [0, 0.05) is 19.6 Å². The number of carbonyl (C=O) groups excluding carboxylic acids is 1. The second-order valence-electron chi connectivity index (χ2n) is 5.50. The molecule has 20 heavy (non-hydrogen) atoms. The van der Waals surface area contributed by atoms with Crippen molar-refractivity contribution in [2.75, 3.05) is 32.8 Å². The van der Waals surface area contributed by atoms with Crippen LogP contribution < -0.4 is 10.1 Å². The lowest BCUT2D eigenvalue weighted by Crippen LogP contribution is -2.37. The second kappa shape index (κ2) is 6.75. The first kappa shape index (κ1) is 14.9. The summed E-state index contributed by atoms with van der Waals surface area (Å²) in [4.78, 5) is 14.1. The molecule has 1 aliphatic rings. The van der Waals surface area contributed by atoms with E-state index in [0.717, 1.165) is 49.5 Å². The van der Waals surface area contributed by atoms with E-state index in [1.54, 1.807) is 0 Å². The quantitative estimate of drug-likeness (QED) is 0.915. The number of aryl methyl sites for hydroxylation is 3. The maximum atomic E-state index is 12.2. The topological polar surface area (TPSA) is 41.6 Å². The van der Waals surface area contributed by atoms with E-state index in [2.05, 4.69) is 24.4 Å². The predicted octanol–water partition coefficient (Wildman–Crippen LogP) is 1.81. The molecule has 0 bridgehead atoms. The Morgan fingerprint density at radius 2 is 1.90 bits per heavy atom. The molecule has 1 aliphatic heterocycles. The standard InChI is InChI=1S/C16H24N2O2/c1-12-9-13(2)16(14(3)10-12)20-11-15(19)18-7-4-5-17-6-8-18/h9-10,17H,4-8,11H2,1-3H3. The first-order chi connectivity index (χ1) is 9.58. The summed E-state index contributed by atoms with van der Waals surface area (Å²) in [6.07, 6.45) is 1.01. The molecule has 1 amide bonds. The van der Waals surface area contributed by atoms with Crippen molar-refractivity contribution in [2.45, 2.75) is 27.2 Å². The van der Waals surface area contributed by atoms with E-state index in [1.165, 1.54) is 5.56 Å². The Bertz CT molecular complexity index is 454. The molecule has 0 aromatic heterocycles. The van der Waals surface area contributed by atoms with Crippen molar-refractivity contribution in [1.82, 2.24) is 10.2 Å². The van der Waals surface area contributed by atoms with Crippen LogP contribution in [0.3, 0.4) is 0 Å². The number of benzene rings is 1. The zero-order valence-corrected chi connectivity index (χ0v) is 12.7. The molecule has 4 nitrogen and oxygen atoms in total. The highest BCUT2D eigenvalue weighted by Crippen LogP contribution is 2.24. The summed E-state index contributed by atoms with van der Waals surface area (Å²) >= 11 is 0. The molecule has 0 spiro atoms. The van der Waals surface area contributed by atoms with Gasteiger partial charge in [0.05, 0.1) is 0 Å². The van der Waals surface area contributed by atoms with Gasteiger partial charge in [0.25, 0.3) is 5.91 Å². The van der Waals surface area contributed by atoms with Gasteiger partial charge in [0.2, 0.25) is 0 Å². The third-order valence-corrected chi connectivity index (χ3v) is 3.64. The Labute approximate surface area is 121 Å². The molecule has 4 heteroatoms. The van der Waals surface area contributed by atoms with Gasteiger partial charge in [-0.1, -0.05) is 17.7 Å². The fourth-order valence-corrected chi connectivity index (χ4v) is 2.71. The van der Waals surface area contributed by atoms with Crippen LogP contribution >= 0.6 is 0 Å². The van der Waals surface area contributed by atoms with Crippen LogP contribution in [0.2, 0.25) is 0 Å². The minimum Gasteiger partial charge on any atom is -0.483 e. The highest BCUT2D eigenvalue weighted by atomic mass is 16.5. The number of hydrogen-bond acceptors (Lipinski definition) is 3. The van der Waals surface area contributed by atoms with Gasteiger partial charge in [-0.2, -0.15) is 0 Å². The molecular formula is C16H24N2O2. The van der Waals surface area contributed by atoms with E-state index < -0.39 is 0 Å². The number of nitrogens with zero attached hydrogens (tertiary/aromatic N) is 1. The van der Waals surface area contributed by atoms with Crippen LogP contribution in [0.5, 0.6) is 5.75 Å². The molecule has 0 unspecified atom stereocenters. The van der Waals surface area contributed by atoms with Gasteiger partial charge < -0.3 is 15.0 Å². The fourth-order valence-electron chi connectivity index (χ4n) is 2.71. The molecule has 1 heterocycles. The van der Waals surface area contributed by atoms with Crippen molar-refractivity contribution >= 4 is 5.91 Å². The molecule has 1 saturated heterocycles. The van der Waals surface area contributed by atoms with Gasteiger partial charge in [-0.25, -0.2) is 0 Å². The Morgan fingerprint density at radius 1 is 1.20 bits per heavy atom. The lowest BCUT2D eigenvalue weighted by atomic mass is 10.1. The van der Waals surface area contributed by atoms with Crippen molar-refractivity contribution in [3.8, 4) is 5.75 Å². The fraction of sp³-hybridized carbons (Fsp3) is 0.562. The van der Waals surface area contributed by atoms with E-state index in [0.29, 0.717) is 0 Å². The van der Waals surface area contributed by atoms with Crippen LogP contribution in [0.4, 0.5) is 0 Å². The Hall–Kier alpha value is -1.55. The number of rotatable bonds is 3. The average molecular weight is 276 g/mol. The predicted molar refractivity (Wildman–Crippen MR) is 80.2 cm³/mol. The molecule has 1 N–H and O–H groups in total. The summed E-state index contributed by atoms with van der Waals surface area (Å²) in [6.45, 7) is 9.69. The molecule has 1 aromatic rings. The van der Waals surface area contributed by atoms with Crippen molar-refractivity contribution in [3.05, 3.63) is 28.8 Å². The summed E-state index contributed by atoms with van der Waals surface area (Å²) in [5, 5.41) is 3.30. The van der Waals surface area contributed by atoms with E-state index in [-0.39, 0.29) is 12.5 Å². The zero-order valence-electron chi connectivity index (χ0n) is 12.7. The molecular weight excluding hydrogens is 252 g/mol. The van der Waals surface area contributed by atoms with Gasteiger partial charge >= 0.3 is 0 Å². The number of hydrogen-bond donors (Lipinski definition) is 1. The average Bonchev–Trinajstić information content (AvgIpc) is 2.66. The Kier molecular flexibility index (Phi) is 5.01. The molecule has 1 aromatic carbocycles. The monoisotopic (exact) mass is 276 g/mol. The van der Waals surface area contributed by atoms with Crippen LogP contribution in [0.25, 0.3) is 0 Å². The highest BCUT2D eigenvalue weighted by molar-refractivity contribution is 5.78. The van der Waals surface area contributed by atoms with Gasteiger partial charge in [0.1, 0.15) is 5.75 Å². The third kappa shape index (κ3) is 3.73. The lowest BCUT2D eigenvalue weighted by Gasteiger charge is -2.21. The Balaban J connectivity index is 1.96. The van der Waals surface area contributed by atoms with Gasteiger partial charge in [-0.3, -0.25) is 4.79 Å². The van der Waals surface area contributed by atoms with Crippen LogP contribution in [0, 0.1) is 20.8 Å². The van der Waals surface area contributed by atoms with Gasteiger partial charge in [0.15, 0.2) is 6.61 Å². The minimum absolute atomic E-state index is 0.0769. The molecule has 2 rings (SSSR count). The summed E-state index contributed by atoms with van der Waals surface area (Å²) in [5.74, 6) is 0.921. The van der Waals surface area contributed by atoms with Crippen LogP contribution in [-0.4, -0.2) is 43.6 Å². The van der Waals surface area contributed by atoms with E-state index in [4.69, 9.17) is 4.74 Å². The summed E-state index contributed by atoms with van der Waals surface area (Å²) in [6, 6.07) is 4.17. The van der Waals surface area contributed by atoms with E-state index in [9.17, 15) is 4.79 Å². The van der Waals surface area contributed by atoms with Crippen molar-refractivity contribution in [3.63, 3.8) is 0 Å². The number of amides is 1. The summed E-state index contributed by atoms with van der Waals surface area (Å²) in [5.41, 5.74) is 3.40. The molecule has 0 atom stereocenters. The van der Waals surface area contributed by atoms with Crippen LogP contribution in [0.1, 0.15) is 23.1 Å². The first-order valence-electron chi connectivity index (χ1n) is 7.27. The maximum Gasteiger partial charge on any atom is 0.260 e. The molecule has 110 valence electrons. The Morgan fingerprint density at radius 3 is 2.60 bits per heavy atom. The molecule has 0 radical (unpaired) electrons. The maximum absolute atomic E-state index is 12.2. The van der Waals surface area contributed by atoms with Crippen LogP contribution in [-0.2, 0) is 4.79 Å². The molecule has 0 saturated carbocycles. The van der Waals surface area contributed by atoms with E-state index >= 15 is 0 Å². The molecule has 0 aliphatic carbocycles. The van der Waals surface area contributed by atoms with Crippen molar-refractivity contribution < 1.29 is 9.53 Å². The lowest BCUT2D eigenvalue weighted by molar-refractivity contribution is -0.133. The van der Waals surface area contributed by atoms with Gasteiger partial charge in [-0.15, -0.1) is 0 Å². The summed E-state index contributed by atoms with van der Waals surface area (Å²) < 4.78 is 5.77. The number of ether oxygens (including phenoxy) is 1. The first-order valence-corrected chi connectivity index (χ1v) is 7.27. The minimum atomic E-state index is 0.0769. The zero-order chi connectivity index (χ0) is 14.5. The van der Waals surface area contributed by atoms with Crippen molar-refractivity contribution in [1.29, 1.82) is 0 Å². The van der Waals surface area contributed by atoms with Gasteiger partial charge in [-0.05, 0) is 44.9 Å². The third-order valence-electron chi connectivity index (χ3n) is 3.64. The smallest absolute Gasteiger partial charge is 0.260 e. The largest absolute Gasteiger partial charge is 0.483 e. The second-order valence-corrected chi connectivity index (χ2v) is 5.50. The highest BCUT2D eigenvalue weighted by Gasteiger charge is 2.16. The number of nitrogens with one attached hydrogen (secondary N) is 1. The number of carbonyl (C=O) groups is 1. The normalized spacial score (nSPS) is 15.8. The van der Waals surface area contributed by atoms with E-state index in [1.807, 2.05) is 18.7 Å². The van der Waals surface area contributed by atoms with Crippen molar-refractivity contribution in [2.24, 2.45) is 0 Å². The molecule has 1 fully saturated rings. The summed E-state index contributed by atoms with van der Waals surface area (Å²) in [7, 11) is 0. The van der Waals surface area contributed by atoms with Crippen LogP contribution in [0.15, 0.2) is 12.1 Å². The SMILES string of the molecule is Cc1cc(C)c(OCC(=O)N2CCCNCC2)c(C)c1.